The Balaban J connectivity index is 2.58. The van der Waals surface area contributed by atoms with Gasteiger partial charge in [0.2, 0.25) is 0 Å². The van der Waals surface area contributed by atoms with E-state index < -0.39 is 0 Å². The van der Waals surface area contributed by atoms with Crippen LogP contribution in [0.3, 0.4) is 0 Å². The van der Waals surface area contributed by atoms with Crippen LogP contribution in [0, 0.1) is 0 Å². The van der Waals surface area contributed by atoms with Crippen molar-refractivity contribution in [2.45, 2.75) is 30.7 Å². The molecule has 0 amide bonds. The summed E-state index contributed by atoms with van der Waals surface area (Å²) in [7, 11) is 1.78. The fourth-order valence-corrected chi connectivity index (χ4v) is 2.48. The van der Waals surface area contributed by atoms with Gasteiger partial charge >= 0.3 is 0 Å². The average Bonchev–Trinajstić information content (AvgIpc) is 2.35. The Morgan fingerprint density at radius 1 is 1.41 bits per heavy atom. The average molecular weight is 248 g/mol. The van der Waals surface area contributed by atoms with Gasteiger partial charge in [-0.25, -0.2) is 4.98 Å². The molecule has 1 atom stereocenters. The monoisotopic (exact) mass is 248 g/mol. The Kier molecular flexibility index (Phi) is 3.52. The molecule has 2 rings (SSSR count). The van der Waals surface area contributed by atoms with Crippen LogP contribution in [0.25, 0.3) is 10.9 Å². The molecule has 2 aromatic rings. The molecule has 0 aliphatic heterocycles. The van der Waals surface area contributed by atoms with Crippen molar-refractivity contribution in [2.24, 2.45) is 7.05 Å². The number of nitrogens with zero attached hydrogens (tertiary/aromatic N) is 2. The number of hydrogen-bond donors (Lipinski definition) is 0. The second-order valence-electron chi connectivity index (χ2n) is 4.11. The summed E-state index contributed by atoms with van der Waals surface area (Å²) in [6, 6.07) is 7.49. The highest BCUT2D eigenvalue weighted by Crippen LogP contribution is 2.23. The molecule has 1 heterocycles. The number of rotatable bonds is 3. The van der Waals surface area contributed by atoms with Crippen molar-refractivity contribution in [3.63, 3.8) is 0 Å². The topological polar surface area (TPSA) is 34.9 Å². The van der Waals surface area contributed by atoms with Crippen molar-refractivity contribution < 1.29 is 0 Å². The Hall–Kier alpha value is -1.29. The van der Waals surface area contributed by atoms with Gasteiger partial charge in [0.25, 0.3) is 5.56 Å². The van der Waals surface area contributed by atoms with Gasteiger partial charge in [0.05, 0.1) is 10.9 Å². The zero-order chi connectivity index (χ0) is 12.4. The highest BCUT2D eigenvalue weighted by atomic mass is 32.2. The van der Waals surface area contributed by atoms with Crippen LogP contribution in [0.15, 0.2) is 34.2 Å². The molecule has 0 radical (unpaired) electrons. The van der Waals surface area contributed by atoms with Crippen LogP contribution in [-0.4, -0.2) is 14.8 Å². The van der Waals surface area contributed by atoms with Crippen LogP contribution in [-0.2, 0) is 7.05 Å². The lowest BCUT2D eigenvalue weighted by Crippen LogP contribution is -2.20. The second-order valence-corrected chi connectivity index (χ2v) is 5.52. The first kappa shape index (κ1) is 12.2. The minimum atomic E-state index is 0.0291. The Morgan fingerprint density at radius 3 is 2.82 bits per heavy atom. The first-order valence-electron chi connectivity index (χ1n) is 5.76. The molecule has 90 valence electrons. The van der Waals surface area contributed by atoms with Gasteiger partial charge in [-0.1, -0.05) is 37.7 Å². The smallest absolute Gasteiger partial charge is 0.261 e. The number of para-hydroxylation sites is 1. The van der Waals surface area contributed by atoms with E-state index in [4.69, 9.17) is 0 Å². The largest absolute Gasteiger partial charge is 0.290 e. The van der Waals surface area contributed by atoms with Gasteiger partial charge in [0.15, 0.2) is 5.16 Å². The van der Waals surface area contributed by atoms with Crippen molar-refractivity contribution in [1.82, 2.24) is 9.55 Å². The molecule has 4 heteroatoms. The van der Waals surface area contributed by atoms with E-state index in [-0.39, 0.29) is 5.56 Å². The second kappa shape index (κ2) is 4.92. The molecule has 0 fully saturated rings. The Labute approximate surface area is 105 Å². The first-order valence-corrected chi connectivity index (χ1v) is 6.64. The summed E-state index contributed by atoms with van der Waals surface area (Å²) in [5, 5.41) is 1.95. The fraction of sp³-hybridized carbons (Fsp3) is 0.385. The summed E-state index contributed by atoms with van der Waals surface area (Å²) >= 11 is 1.65. The van der Waals surface area contributed by atoms with Crippen molar-refractivity contribution >= 4 is 22.7 Å². The van der Waals surface area contributed by atoms with Gasteiger partial charge in [-0.05, 0) is 18.6 Å². The summed E-state index contributed by atoms with van der Waals surface area (Å²) in [4.78, 5) is 16.7. The molecule has 0 saturated carbocycles. The van der Waals surface area contributed by atoms with E-state index in [1.54, 1.807) is 23.4 Å². The maximum Gasteiger partial charge on any atom is 0.261 e. The summed E-state index contributed by atoms with van der Waals surface area (Å²) < 4.78 is 1.64. The summed E-state index contributed by atoms with van der Waals surface area (Å²) in [5.74, 6) is 0. The van der Waals surface area contributed by atoms with Crippen LogP contribution in [0.5, 0.6) is 0 Å². The lowest BCUT2D eigenvalue weighted by atomic mass is 10.2. The summed E-state index contributed by atoms with van der Waals surface area (Å²) in [5.41, 5.74) is 0.808. The van der Waals surface area contributed by atoms with E-state index in [9.17, 15) is 4.79 Å². The van der Waals surface area contributed by atoms with Crippen LogP contribution in [0.1, 0.15) is 20.3 Å². The molecule has 0 spiro atoms. The standard InChI is InChI=1S/C13H16N2OS/c1-4-9(2)17-13-14-11-8-6-5-7-10(11)12(16)15(13)3/h5-9H,4H2,1-3H3. The maximum atomic E-state index is 12.1. The highest BCUT2D eigenvalue weighted by molar-refractivity contribution is 7.99. The molecule has 0 N–H and O–H groups in total. The number of thioether (sulfide) groups is 1. The molecule has 0 aliphatic carbocycles. The van der Waals surface area contributed by atoms with E-state index >= 15 is 0 Å². The van der Waals surface area contributed by atoms with Gasteiger partial charge in [-0.3, -0.25) is 9.36 Å². The molecule has 1 unspecified atom stereocenters. The van der Waals surface area contributed by atoms with Gasteiger partial charge in [-0.2, -0.15) is 0 Å². The van der Waals surface area contributed by atoms with Crippen LogP contribution >= 0.6 is 11.8 Å². The van der Waals surface area contributed by atoms with Crippen molar-refractivity contribution in [1.29, 1.82) is 0 Å². The van der Waals surface area contributed by atoms with E-state index in [1.165, 1.54) is 0 Å². The van der Waals surface area contributed by atoms with E-state index in [0.29, 0.717) is 10.6 Å². The summed E-state index contributed by atoms with van der Waals surface area (Å²) in [6.07, 6.45) is 1.06. The molecule has 0 bridgehead atoms. The zero-order valence-corrected chi connectivity index (χ0v) is 11.1. The van der Waals surface area contributed by atoms with E-state index in [1.807, 2.05) is 24.3 Å². The molecule has 1 aromatic heterocycles. The van der Waals surface area contributed by atoms with Gasteiger partial charge in [-0.15, -0.1) is 0 Å². The van der Waals surface area contributed by atoms with Crippen molar-refractivity contribution in [2.75, 3.05) is 0 Å². The highest BCUT2D eigenvalue weighted by Gasteiger charge is 2.10. The molecule has 1 aromatic carbocycles. The number of fused-ring (bicyclic) bond motifs is 1. The molecule has 0 saturated heterocycles. The Bertz CT molecular complexity index is 591. The third-order valence-corrected chi connectivity index (χ3v) is 4.14. The van der Waals surface area contributed by atoms with E-state index in [0.717, 1.165) is 17.1 Å². The van der Waals surface area contributed by atoms with Crippen molar-refractivity contribution in [3.05, 3.63) is 34.6 Å². The van der Waals surface area contributed by atoms with E-state index in [2.05, 4.69) is 18.8 Å². The zero-order valence-electron chi connectivity index (χ0n) is 10.3. The molecular weight excluding hydrogens is 232 g/mol. The number of benzene rings is 1. The normalized spacial score (nSPS) is 12.9. The minimum Gasteiger partial charge on any atom is -0.290 e. The van der Waals surface area contributed by atoms with Gasteiger partial charge < -0.3 is 0 Å². The lowest BCUT2D eigenvalue weighted by Gasteiger charge is -2.11. The van der Waals surface area contributed by atoms with Gasteiger partial charge in [0, 0.05) is 12.3 Å². The third kappa shape index (κ3) is 2.36. The molecule has 17 heavy (non-hydrogen) atoms. The number of hydrogen-bond acceptors (Lipinski definition) is 3. The molecule has 3 nitrogen and oxygen atoms in total. The van der Waals surface area contributed by atoms with Crippen LogP contribution < -0.4 is 5.56 Å². The predicted molar refractivity (Wildman–Crippen MR) is 72.6 cm³/mol. The predicted octanol–water partition coefficient (Wildman–Crippen LogP) is 2.82. The third-order valence-electron chi connectivity index (χ3n) is 2.82. The maximum absolute atomic E-state index is 12.1. The summed E-state index contributed by atoms with van der Waals surface area (Å²) in [6.45, 7) is 4.28. The molecular formula is C13H16N2OS. The molecule has 0 aliphatic rings. The first-order chi connectivity index (χ1) is 8.13. The van der Waals surface area contributed by atoms with Crippen molar-refractivity contribution in [3.8, 4) is 0 Å². The van der Waals surface area contributed by atoms with Gasteiger partial charge in [0.1, 0.15) is 0 Å². The van der Waals surface area contributed by atoms with Crippen LogP contribution in [0.2, 0.25) is 0 Å². The Morgan fingerprint density at radius 2 is 2.12 bits per heavy atom. The quantitative estimate of drug-likeness (QED) is 0.619. The number of aromatic nitrogens is 2. The fourth-order valence-electron chi connectivity index (χ4n) is 1.57. The van der Waals surface area contributed by atoms with Crippen LogP contribution in [0.4, 0.5) is 0 Å². The SMILES string of the molecule is CCC(C)Sc1nc2ccccc2c(=O)n1C. The minimum absolute atomic E-state index is 0.0291. The lowest BCUT2D eigenvalue weighted by molar-refractivity contribution is 0.721.